The van der Waals surface area contributed by atoms with Gasteiger partial charge in [0.25, 0.3) is 0 Å². The average Bonchev–Trinajstić information content (AvgIpc) is 3.68. The fraction of sp³-hybridized carbons (Fsp3) is 0.564. The number of thioether (sulfide) groups is 2. The summed E-state index contributed by atoms with van der Waals surface area (Å²) in [7, 11) is 1.70. The van der Waals surface area contributed by atoms with Gasteiger partial charge in [0.1, 0.15) is 36.0 Å². The van der Waals surface area contributed by atoms with E-state index in [0.717, 1.165) is 0 Å². The molecular weight excluding hydrogens is 951 g/mol. The molecule has 0 spiro atoms. The van der Waals surface area contributed by atoms with Crippen LogP contribution in [-0.2, 0) is 38.4 Å². The van der Waals surface area contributed by atoms with Gasteiger partial charge in [-0.2, -0.15) is 0 Å². The zero-order chi connectivity index (χ0) is 52.3. The molecule has 4 aliphatic rings. The molecular formula is C55H71N7O8S2. The number of carbonyl (C=O) groups is 8. The second kappa shape index (κ2) is 24.9. The molecule has 4 heterocycles. The third kappa shape index (κ3) is 13.3. The van der Waals surface area contributed by atoms with Crippen molar-refractivity contribution in [2.24, 2.45) is 22.7 Å². The number of hydrogen-bond acceptors (Lipinski definition) is 11. The zero-order valence-electron chi connectivity index (χ0n) is 42.8. The fourth-order valence-corrected chi connectivity index (χ4v) is 13.2. The van der Waals surface area contributed by atoms with E-state index in [0.29, 0.717) is 54.7 Å². The summed E-state index contributed by atoms with van der Waals surface area (Å²) in [4.78, 5) is 114. The third-order valence-electron chi connectivity index (χ3n) is 14.5. The molecule has 0 bridgehead atoms. The van der Waals surface area contributed by atoms with E-state index in [2.05, 4.69) is 50.3 Å². The number of benzene rings is 2. The number of nitrogens with zero attached hydrogens (tertiary/aromatic N) is 2. The summed E-state index contributed by atoms with van der Waals surface area (Å²) < 4.78 is 0. The normalized spacial score (nSPS) is 24.7. The van der Waals surface area contributed by atoms with E-state index in [4.69, 9.17) is 0 Å². The predicted octanol–water partition coefficient (Wildman–Crippen LogP) is 5.07. The van der Waals surface area contributed by atoms with Gasteiger partial charge in [0.2, 0.25) is 35.4 Å². The van der Waals surface area contributed by atoms with E-state index in [1.807, 2.05) is 53.7 Å². The molecule has 10 atom stereocenters. The van der Waals surface area contributed by atoms with Crippen molar-refractivity contribution in [2.45, 2.75) is 147 Å². The summed E-state index contributed by atoms with van der Waals surface area (Å²) in [6, 6.07) is 12.8. The maximum absolute atomic E-state index is 14.4. The summed E-state index contributed by atoms with van der Waals surface area (Å²) in [5.41, 5.74) is -0.0995. The lowest BCUT2D eigenvalue weighted by Gasteiger charge is -2.35. The maximum atomic E-state index is 14.4. The smallest absolute Gasteiger partial charge is 0.247 e. The molecule has 0 saturated carbocycles. The Balaban J connectivity index is 1.08. The van der Waals surface area contributed by atoms with Gasteiger partial charge in [-0.1, -0.05) is 114 Å². The average molecular weight is 1020 g/mol. The highest BCUT2D eigenvalue weighted by Gasteiger charge is 2.56. The molecule has 5 N–H and O–H groups in total. The van der Waals surface area contributed by atoms with Crippen LogP contribution in [0.25, 0.3) is 0 Å². The molecule has 2 aromatic rings. The Kier molecular flexibility index (Phi) is 19.2. The summed E-state index contributed by atoms with van der Waals surface area (Å²) in [6.45, 7) is 13.2. The van der Waals surface area contributed by atoms with Crippen LogP contribution in [-0.4, -0.2) is 117 Å². The van der Waals surface area contributed by atoms with Gasteiger partial charge in [-0.15, -0.1) is 23.5 Å². The van der Waals surface area contributed by atoms with Crippen molar-refractivity contribution in [3.8, 4) is 23.7 Å². The summed E-state index contributed by atoms with van der Waals surface area (Å²) in [5, 5.41) is 14.1. The molecule has 0 aliphatic carbocycles. The van der Waals surface area contributed by atoms with Gasteiger partial charge in [-0.05, 0) is 91.4 Å². The number of Topliss-reactive ketones (excluding diaryl/α,β-unsaturated/α-hetero) is 2. The van der Waals surface area contributed by atoms with Crippen molar-refractivity contribution in [3.05, 3.63) is 71.8 Å². The van der Waals surface area contributed by atoms with Crippen LogP contribution in [0.5, 0.6) is 0 Å². The largest absolute Gasteiger partial charge is 0.344 e. The molecule has 72 heavy (non-hydrogen) atoms. The van der Waals surface area contributed by atoms with E-state index in [1.165, 1.54) is 0 Å². The van der Waals surface area contributed by atoms with Crippen molar-refractivity contribution in [1.82, 2.24) is 36.4 Å². The minimum atomic E-state index is -1.10. The Morgan fingerprint density at radius 2 is 1.24 bits per heavy atom. The van der Waals surface area contributed by atoms with Crippen LogP contribution in [0.2, 0.25) is 0 Å². The van der Waals surface area contributed by atoms with Gasteiger partial charge in [0.15, 0.2) is 5.78 Å². The first-order valence-corrected chi connectivity index (χ1v) is 27.2. The lowest BCUT2D eigenvalue weighted by atomic mass is 9.83. The second-order valence-corrected chi connectivity index (χ2v) is 23.2. The molecule has 4 aliphatic heterocycles. The van der Waals surface area contributed by atoms with Crippen LogP contribution < -0.4 is 26.6 Å². The molecule has 0 aromatic heterocycles. The van der Waals surface area contributed by atoms with Crippen molar-refractivity contribution in [2.75, 3.05) is 25.1 Å². The molecule has 0 radical (unpaired) electrons. The van der Waals surface area contributed by atoms with Crippen LogP contribution >= 0.6 is 23.5 Å². The molecule has 6 amide bonds. The number of ketones is 2. The van der Waals surface area contributed by atoms with Crippen molar-refractivity contribution >= 4 is 70.5 Å². The summed E-state index contributed by atoms with van der Waals surface area (Å²) in [6.07, 6.45) is 3.00. The number of rotatable bonds is 18. The molecule has 17 heteroatoms. The van der Waals surface area contributed by atoms with Gasteiger partial charge in [-0.3, -0.25) is 38.4 Å². The second-order valence-electron chi connectivity index (χ2n) is 20.7. The minimum Gasteiger partial charge on any atom is -0.344 e. The molecule has 4 saturated heterocycles. The Morgan fingerprint density at radius 1 is 0.708 bits per heavy atom. The Bertz CT molecular complexity index is 2300. The van der Waals surface area contributed by atoms with E-state index >= 15 is 0 Å². The lowest BCUT2D eigenvalue weighted by Crippen LogP contribution is -2.57. The SMILES string of the molecule is CC[C@@H](C)C(=O)N[C@H]1CCS[C@@H]2CC(C)(C)[C@@H](C(=O)N[C@H](C(=O)CCC#CC#CCNC(=O)[C@@H](NC(=O)[C@H]3N4C(=O)[C@@H](CC(=O)[C@H](C)NC)CCS[C@@H]4CC3(C)C)c3ccccc3)c3ccccc3)N2C1=O. The number of hydrogen-bond donors (Lipinski definition) is 5. The first-order chi connectivity index (χ1) is 34.3. The van der Waals surface area contributed by atoms with Crippen LogP contribution in [0.3, 0.4) is 0 Å². The molecule has 4 fully saturated rings. The summed E-state index contributed by atoms with van der Waals surface area (Å²) in [5.74, 6) is 9.29. The van der Waals surface area contributed by atoms with Crippen LogP contribution in [0.1, 0.15) is 123 Å². The number of likely N-dealkylation sites (N-methyl/N-ethyl adjacent to an activating group) is 1. The van der Waals surface area contributed by atoms with Gasteiger partial charge in [0, 0.05) is 31.1 Å². The Labute approximate surface area is 433 Å². The number of carbonyl (C=O) groups excluding carboxylic acids is 8. The maximum Gasteiger partial charge on any atom is 0.247 e. The van der Waals surface area contributed by atoms with Crippen LogP contribution in [0.15, 0.2) is 60.7 Å². The predicted molar refractivity (Wildman–Crippen MR) is 280 cm³/mol. The molecule has 386 valence electrons. The van der Waals surface area contributed by atoms with Gasteiger partial charge in [-0.25, -0.2) is 0 Å². The number of amides is 6. The quantitative estimate of drug-likeness (QED) is 0.125. The molecule has 15 nitrogen and oxygen atoms in total. The first-order valence-electron chi connectivity index (χ1n) is 25.1. The molecule has 2 aromatic carbocycles. The van der Waals surface area contributed by atoms with E-state index < -0.39 is 70.7 Å². The first kappa shape index (κ1) is 55.7. The summed E-state index contributed by atoms with van der Waals surface area (Å²) >= 11 is 3.23. The zero-order valence-corrected chi connectivity index (χ0v) is 44.4. The highest BCUT2D eigenvalue weighted by Crippen LogP contribution is 2.48. The molecule has 6 rings (SSSR count). The van der Waals surface area contributed by atoms with Crippen LogP contribution in [0.4, 0.5) is 0 Å². The molecule has 0 unspecified atom stereocenters. The van der Waals surface area contributed by atoms with Crippen molar-refractivity contribution in [1.29, 1.82) is 0 Å². The van der Waals surface area contributed by atoms with Gasteiger partial charge >= 0.3 is 0 Å². The highest BCUT2D eigenvalue weighted by atomic mass is 32.2. The number of fused-ring (bicyclic) bond motifs is 2. The minimum absolute atomic E-state index is 0.00278. The van der Waals surface area contributed by atoms with Gasteiger partial charge in [0.05, 0.1) is 23.3 Å². The fourth-order valence-electron chi connectivity index (χ4n) is 10.0. The van der Waals surface area contributed by atoms with Crippen LogP contribution in [0, 0.1) is 46.3 Å². The van der Waals surface area contributed by atoms with E-state index in [-0.39, 0.29) is 71.8 Å². The topological polar surface area (TPSA) is 203 Å². The standard InChI is InChI=1S/C55H71N7O8S2/c1-9-34(2)48(65)58-39-27-30-72-43-33-55(6,7)47(62(43)53(39)70)50(67)59-44(36-21-15-13-16-22-36)40(63)25-19-11-10-12-20-28-57-49(66)45(37-23-17-14-18-24-37)60-51(68)46-54(4,5)32-42-61(46)52(69)38(26-29-71-42)31-41(64)35(3)56-8/h13-18,21-24,34-35,38-39,42-47,56H,9,19,25-33H2,1-8H3,(H,57,66)(H,58,65)(H,59,67)(H,60,68)/t34-,35+,38-,39+,42-,43-,44+,45+,46-,47-/m1/s1. The highest BCUT2D eigenvalue weighted by molar-refractivity contribution is 8.00. The third-order valence-corrected chi connectivity index (χ3v) is 17.0. The van der Waals surface area contributed by atoms with Crippen molar-refractivity contribution in [3.63, 3.8) is 0 Å². The monoisotopic (exact) mass is 1020 g/mol. The van der Waals surface area contributed by atoms with Gasteiger partial charge < -0.3 is 36.4 Å². The number of nitrogens with one attached hydrogen (secondary N) is 5. The Morgan fingerprint density at radius 3 is 1.81 bits per heavy atom. The van der Waals surface area contributed by atoms with E-state index in [1.54, 1.807) is 95.8 Å². The Hall–Kier alpha value is -5.62. The van der Waals surface area contributed by atoms with E-state index in [9.17, 15) is 38.4 Å². The van der Waals surface area contributed by atoms with Crippen molar-refractivity contribution < 1.29 is 38.4 Å². The lowest BCUT2D eigenvalue weighted by molar-refractivity contribution is -0.145.